The molecule has 0 bridgehead atoms. The number of aromatic nitrogens is 2. The molecular formula is C16H22N4O2. The maximum Gasteiger partial charge on any atom is 0.248 e. The number of methoxy groups -OCH3 is 1. The summed E-state index contributed by atoms with van der Waals surface area (Å²) >= 11 is 0. The fourth-order valence-corrected chi connectivity index (χ4v) is 2.06. The molecule has 22 heavy (non-hydrogen) atoms. The molecule has 0 aliphatic carbocycles. The number of nitrogen functional groups attached to an aromatic ring is 1. The molecular weight excluding hydrogens is 280 g/mol. The van der Waals surface area contributed by atoms with Gasteiger partial charge in [-0.3, -0.25) is 0 Å². The first-order valence-corrected chi connectivity index (χ1v) is 7.29. The van der Waals surface area contributed by atoms with E-state index in [9.17, 15) is 0 Å². The monoisotopic (exact) mass is 302 g/mol. The second kappa shape index (κ2) is 7.49. The third-order valence-electron chi connectivity index (χ3n) is 3.31. The van der Waals surface area contributed by atoms with Crippen molar-refractivity contribution in [3.8, 4) is 17.4 Å². The molecule has 0 saturated heterocycles. The van der Waals surface area contributed by atoms with Gasteiger partial charge >= 0.3 is 0 Å². The molecule has 0 unspecified atom stereocenters. The van der Waals surface area contributed by atoms with Crippen molar-refractivity contribution in [2.75, 3.05) is 31.3 Å². The molecule has 6 nitrogen and oxygen atoms in total. The van der Waals surface area contributed by atoms with Crippen LogP contribution in [0.15, 0.2) is 30.6 Å². The van der Waals surface area contributed by atoms with Gasteiger partial charge in [-0.1, -0.05) is 25.5 Å². The zero-order valence-electron chi connectivity index (χ0n) is 13.2. The molecule has 118 valence electrons. The lowest BCUT2D eigenvalue weighted by molar-refractivity contribution is 0.374. The molecule has 0 atom stereocenters. The normalized spacial score (nSPS) is 10.3. The van der Waals surface area contributed by atoms with Gasteiger partial charge in [0.05, 0.1) is 7.11 Å². The van der Waals surface area contributed by atoms with E-state index in [-0.39, 0.29) is 0 Å². The van der Waals surface area contributed by atoms with Crippen LogP contribution < -0.4 is 20.1 Å². The van der Waals surface area contributed by atoms with Crippen molar-refractivity contribution in [3.05, 3.63) is 30.6 Å². The minimum absolute atomic E-state index is 0.331. The molecule has 0 amide bonds. The maximum atomic E-state index is 6.16. The fraction of sp³-hybridized carbons (Fsp3) is 0.375. The van der Waals surface area contributed by atoms with Gasteiger partial charge < -0.3 is 20.1 Å². The largest absolute Gasteiger partial charge is 0.493 e. The molecule has 0 fully saturated rings. The quantitative estimate of drug-likeness (QED) is 0.847. The molecule has 2 rings (SSSR count). The lowest BCUT2D eigenvalue weighted by Gasteiger charge is -2.20. The maximum absolute atomic E-state index is 6.16. The summed E-state index contributed by atoms with van der Waals surface area (Å²) in [6.45, 7) is 3.03. The van der Waals surface area contributed by atoms with Gasteiger partial charge in [0.15, 0.2) is 17.3 Å². The summed E-state index contributed by atoms with van der Waals surface area (Å²) in [5, 5.41) is 0. The van der Waals surface area contributed by atoms with Gasteiger partial charge in [-0.05, 0) is 18.6 Å². The van der Waals surface area contributed by atoms with Crippen LogP contribution in [0.4, 0.5) is 11.5 Å². The van der Waals surface area contributed by atoms with Crippen molar-refractivity contribution in [2.45, 2.75) is 19.8 Å². The number of para-hydroxylation sites is 2. The fourth-order valence-electron chi connectivity index (χ4n) is 2.06. The summed E-state index contributed by atoms with van der Waals surface area (Å²) in [7, 11) is 3.55. The summed E-state index contributed by atoms with van der Waals surface area (Å²) in [4.78, 5) is 10.4. The van der Waals surface area contributed by atoms with Gasteiger partial charge in [-0.15, -0.1) is 0 Å². The average molecular weight is 302 g/mol. The Morgan fingerprint density at radius 2 is 1.91 bits per heavy atom. The lowest BCUT2D eigenvalue weighted by atomic mass is 10.3. The Bertz CT molecular complexity index is 619. The van der Waals surface area contributed by atoms with Gasteiger partial charge in [0, 0.05) is 13.6 Å². The molecule has 2 N–H and O–H groups in total. The van der Waals surface area contributed by atoms with Crippen LogP contribution >= 0.6 is 0 Å². The third-order valence-corrected chi connectivity index (χ3v) is 3.31. The number of rotatable bonds is 7. The number of anilines is 2. The minimum atomic E-state index is 0.331. The number of unbranched alkanes of at least 4 members (excludes halogenated alkanes) is 1. The molecule has 1 aromatic carbocycles. The first kappa shape index (κ1) is 15.9. The van der Waals surface area contributed by atoms with Gasteiger partial charge in [-0.25, -0.2) is 4.98 Å². The summed E-state index contributed by atoms with van der Waals surface area (Å²) in [6.07, 6.45) is 3.64. The molecule has 0 spiro atoms. The average Bonchev–Trinajstić information content (AvgIpc) is 2.55. The van der Waals surface area contributed by atoms with Gasteiger partial charge in [0.2, 0.25) is 5.88 Å². The molecule has 0 aliphatic heterocycles. The highest BCUT2D eigenvalue weighted by molar-refractivity contribution is 5.68. The standard InChI is InChI=1S/C16H22N4O2/c1-4-5-10-20(2)15-14(17)16(19-11-18-15)22-13-9-7-6-8-12(13)21-3/h6-9,11H,4-5,10,17H2,1-3H3. The molecule has 6 heteroatoms. The SMILES string of the molecule is CCCCN(C)c1ncnc(Oc2ccccc2OC)c1N. The zero-order valence-corrected chi connectivity index (χ0v) is 13.2. The van der Waals surface area contributed by atoms with Crippen molar-refractivity contribution in [1.29, 1.82) is 0 Å². The Balaban J connectivity index is 2.25. The zero-order chi connectivity index (χ0) is 15.9. The van der Waals surface area contributed by atoms with E-state index in [1.54, 1.807) is 13.2 Å². The Morgan fingerprint density at radius 3 is 2.59 bits per heavy atom. The molecule has 1 heterocycles. The predicted molar refractivity (Wildman–Crippen MR) is 87.7 cm³/mol. The van der Waals surface area contributed by atoms with Crippen LogP contribution in [-0.4, -0.2) is 30.7 Å². The Hall–Kier alpha value is -2.50. The Kier molecular flexibility index (Phi) is 5.41. The summed E-state index contributed by atoms with van der Waals surface area (Å²) in [5.41, 5.74) is 6.59. The molecule has 0 radical (unpaired) electrons. The van der Waals surface area contributed by atoms with Crippen LogP contribution in [-0.2, 0) is 0 Å². The van der Waals surface area contributed by atoms with Crippen LogP contribution in [0.1, 0.15) is 19.8 Å². The lowest BCUT2D eigenvalue weighted by Crippen LogP contribution is -2.21. The number of hydrogen-bond donors (Lipinski definition) is 1. The highest BCUT2D eigenvalue weighted by Crippen LogP contribution is 2.35. The van der Waals surface area contributed by atoms with Crippen LogP contribution in [0.5, 0.6) is 17.4 Å². The Morgan fingerprint density at radius 1 is 1.18 bits per heavy atom. The number of nitrogens with zero attached hydrogens (tertiary/aromatic N) is 3. The van der Waals surface area contributed by atoms with Gasteiger partial charge in [-0.2, -0.15) is 4.98 Å². The van der Waals surface area contributed by atoms with E-state index in [1.165, 1.54) is 6.33 Å². The second-order valence-corrected chi connectivity index (χ2v) is 4.94. The van der Waals surface area contributed by atoms with Crippen molar-refractivity contribution in [1.82, 2.24) is 9.97 Å². The molecule has 0 aliphatic rings. The van der Waals surface area contributed by atoms with Crippen molar-refractivity contribution < 1.29 is 9.47 Å². The molecule has 1 aromatic heterocycles. The molecule has 0 saturated carbocycles. The minimum Gasteiger partial charge on any atom is -0.493 e. The first-order valence-electron chi connectivity index (χ1n) is 7.29. The topological polar surface area (TPSA) is 73.5 Å². The van der Waals surface area contributed by atoms with Crippen molar-refractivity contribution >= 4 is 11.5 Å². The van der Waals surface area contributed by atoms with E-state index >= 15 is 0 Å². The summed E-state index contributed by atoms with van der Waals surface area (Å²) in [6, 6.07) is 7.37. The third kappa shape index (κ3) is 3.58. The van der Waals surface area contributed by atoms with Crippen LogP contribution in [0.3, 0.4) is 0 Å². The predicted octanol–water partition coefficient (Wildman–Crippen LogP) is 3.10. The van der Waals surface area contributed by atoms with E-state index < -0.39 is 0 Å². The Labute approximate surface area is 130 Å². The van der Waals surface area contributed by atoms with E-state index in [0.29, 0.717) is 28.9 Å². The highest BCUT2D eigenvalue weighted by atomic mass is 16.5. The summed E-state index contributed by atoms with van der Waals surface area (Å²) in [5.74, 6) is 2.20. The van der Waals surface area contributed by atoms with Crippen LogP contribution in [0.25, 0.3) is 0 Å². The smallest absolute Gasteiger partial charge is 0.248 e. The van der Waals surface area contributed by atoms with Crippen LogP contribution in [0, 0.1) is 0 Å². The number of ether oxygens (including phenoxy) is 2. The van der Waals surface area contributed by atoms with Gasteiger partial charge in [0.1, 0.15) is 12.0 Å². The first-order chi connectivity index (χ1) is 10.7. The number of benzene rings is 1. The van der Waals surface area contributed by atoms with Crippen LogP contribution in [0.2, 0.25) is 0 Å². The van der Waals surface area contributed by atoms with Crippen molar-refractivity contribution in [2.24, 2.45) is 0 Å². The number of hydrogen-bond acceptors (Lipinski definition) is 6. The van der Waals surface area contributed by atoms with E-state index in [1.807, 2.05) is 30.1 Å². The summed E-state index contributed by atoms with van der Waals surface area (Å²) < 4.78 is 11.1. The highest BCUT2D eigenvalue weighted by Gasteiger charge is 2.15. The van der Waals surface area contributed by atoms with Gasteiger partial charge in [0.25, 0.3) is 0 Å². The van der Waals surface area contributed by atoms with E-state index in [2.05, 4.69) is 16.9 Å². The number of nitrogens with two attached hydrogens (primary N) is 1. The second-order valence-electron chi connectivity index (χ2n) is 4.94. The van der Waals surface area contributed by atoms with E-state index in [0.717, 1.165) is 19.4 Å². The van der Waals surface area contributed by atoms with Crippen molar-refractivity contribution in [3.63, 3.8) is 0 Å². The molecule has 2 aromatic rings. The van der Waals surface area contributed by atoms with E-state index in [4.69, 9.17) is 15.2 Å².